The minimum absolute atomic E-state index is 0.0450. The normalized spacial score (nSPS) is 13.8. The number of amides is 3. The average Bonchev–Trinajstić information content (AvgIpc) is 3.17. The Bertz CT molecular complexity index is 1010. The number of benzene rings is 2. The number of imide groups is 1. The van der Waals surface area contributed by atoms with Crippen molar-refractivity contribution in [3.05, 3.63) is 71.8 Å². The van der Waals surface area contributed by atoms with Crippen LogP contribution in [0.25, 0.3) is 0 Å². The number of nitrogens with one attached hydrogen (secondary N) is 1. The molecule has 1 heterocycles. The van der Waals surface area contributed by atoms with Crippen LogP contribution >= 0.6 is 0 Å². The van der Waals surface area contributed by atoms with Crippen LogP contribution < -0.4 is 5.32 Å². The van der Waals surface area contributed by atoms with E-state index < -0.39 is 35.9 Å². The molecule has 1 fully saturated rings. The summed E-state index contributed by atoms with van der Waals surface area (Å²) in [5.41, 5.74) is 1.52. The summed E-state index contributed by atoms with van der Waals surface area (Å²) in [5, 5.41) is 2.70. The number of nitrogens with zero attached hydrogens (tertiary/aromatic N) is 1. The molecule has 178 valence electrons. The van der Waals surface area contributed by atoms with E-state index in [4.69, 9.17) is 14.3 Å². The van der Waals surface area contributed by atoms with E-state index >= 15 is 0 Å². The quantitative estimate of drug-likeness (QED) is 0.416. The zero-order valence-electron chi connectivity index (χ0n) is 18.3. The Morgan fingerprint density at radius 2 is 1.35 bits per heavy atom. The van der Waals surface area contributed by atoms with Crippen LogP contribution in [-0.2, 0) is 46.7 Å². The maximum atomic E-state index is 12.6. The maximum absolute atomic E-state index is 12.6. The number of rotatable bonds is 10. The van der Waals surface area contributed by atoms with Gasteiger partial charge in [0.2, 0.25) is 0 Å². The summed E-state index contributed by atoms with van der Waals surface area (Å²) in [5.74, 6) is -3.00. The Morgan fingerprint density at radius 3 is 1.91 bits per heavy atom. The van der Waals surface area contributed by atoms with Gasteiger partial charge in [-0.2, -0.15) is 0 Å². The van der Waals surface area contributed by atoms with Crippen LogP contribution in [0.15, 0.2) is 60.7 Å². The van der Waals surface area contributed by atoms with Gasteiger partial charge in [0.15, 0.2) is 0 Å². The van der Waals surface area contributed by atoms with Crippen molar-refractivity contribution < 1.29 is 38.3 Å². The minimum atomic E-state index is -1.35. The molecule has 0 aromatic heterocycles. The van der Waals surface area contributed by atoms with Crippen LogP contribution in [-0.4, -0.2) is 41.0 Å². The summed E-state index contributed by atoms with van der Waals surface area (Å²) in [6, 6.07) is 16.6. The van der Waals surface area contributed by atoms with Crippen molar-refractivity contribution in [3.8, 4) is 0 Å². The molecule has 10 heteroatoms. The monoisotopic (exact) mass is 468 g/mol. The van der Waals surface area contributed by atoms with Crippen molar-refractivity contribution in [1.29, 1.82) is 0 Å². The van der Waals surface area contributed by atoms with E-state index in [1.807, 2.05) is 12.1 Å². The van der Waals surface area contributed by atoms with E-state index in [0.29, 0.717) is 5.06 Å². The first kappa shape index (κ1) is 24.4. The van der Waals surface area contributed by atoms with E-state index in [0.717, 1.165) is 11.1 Å². The minimum Gasteiger partial charge on any atom is -0.461 e. The molecule has 0 unspecified atom stereocenters. The van der Waals surface area contributed by atoms with Gasteiger partial charge >= 0.3 is 18.0 Å². The second-order valence-electron chi connectivity index (χ2n) is 7.44. The average molecular weight is 468 g/mol. The van der Waals surface area contributed by atoms with Crippen molar-refractivity contribution >= 4 is 29.8 Å². The largest absolute Gasteiger partial charge is 0.461 e. The Morgan fingerprint density at radius 1 is 0.824 bits per heavy atom. The fourth-order valence-corrected chi connectivity index (χ4v) is 3.04. The third-order valence-corrected chi connectivity index (χ3v) is 4.86. The van der Waals surface area contributed by atoms with Crippen molar-refractivity contribution in [1.82, 2.24) is 10.4 Å². The Labute approximate surface area is 195 Å². The molecular weight excluding hydrogens is 444 g/mol. The van der Waals surface area contributed by atoms with E-state index in [1.165, 1.54) is 0 Å². The van der Waals surface area contributed by atoms with Crippen LogP contribution in [0.4, 0.5) is 4.79 Å². The highest BCUT2D eigenvalue weighted by molar-refractivity contribution is 6.01. The van der Waals surface area contributed by atoms with Crippen molar-refractivity contribution in [2.24, 2.45) is 0 Å². The van der Waals surface area contributed by atoms with Gasteiger partial charge in [-0.15, -0.1) is 5.06 Å². The van der Waals surface area contributed by atoms with Crippen LogP contribution in [0.1, 0.15) is 36.8 Å². The predicted octanol–water partition coefficient (Wildman–Crippen LogP) is 2.41. The van der Waals surface area contributed by atoms with Crippen LogP contribution in [0.2, 0.25) is 0 Å². The SMILES string of the molecule is O=C(CC[C@H](NC(=O)OCc1ccccc1)C(=O)ON1C(=O)CCC1=O)OCc1ccccc1. The number of ether oxygens (including phenoxy) is 2. The van der Waals surface area contributed by atoms with Crippen molar-refractivity contribution in [3.63, 3.8) is 0 Å². The summed E-state index contributed by atoms with van der Waals surface area (Å²) in [4.78, 5) is 65.4. The molecule has 34 heavy (non-hydrogen) atoms. The summed E-state index contributed by atoms with van der Waals surface area (Å²) in [6.45, 7) is 0.00870. The molecule has 1 aliphatic heterocycles. The first-order valence-corrected chi connectivity index (χ1v) is 10.7. The Hall–Kier alpha value is -4.21. The zero-order chi connectivity index (χ0) is 24.3. The molecule has 2 aromatic carbocycles. The Balaban J connectivity index is 1.56. The number of carbonyl (C=O) groups excluding carboxylic acids is 5. The fourth-order valence-electron chi connectivity index (χ4n) is 3.04. The lowest BCUT2D eigenvalue weighted by Gasteiger charge is -2.20. The molecule has 2 aromatic rings. The second kappa shape index (κ2) is 12.1. The number of hydroxylamine groups is 2. The first-order chi connectivity index (χ1) is 16.4. The van der Waals surface area contributed by atoms with Crippen LogP contribution in [0.3, 0.4) is 0 Å². The number of alkyl carbamates (subject to hydrolysis) is 1. The van der Waals surface area contributed by atoms with Crippen LogP contribution in [0, 0.1) is 0 Å². The standard InChI is InChI=1S/C24H24N2O8/c27-20-12-13-21(28)26(20)34-23(30)19(25-24(31)33-16-18-9-5-2-6-10-18)11-14-22(29)32-15-17-7-3-1-4-8-17/h1-10,19H,11-16H2,(H,25,31)/t19-/m0/s1. The van der Waals surface area contributed by atoms with Gasteiger partial charge in [-0.1, -0.05) is 60.7 Å². The Kier molecular flexibility index (Phi) is 8.73. The van der Waals surface area contributed by atoms with E-state index in [-0.39, 0.29) is 38.9 Å². The third-order valence-electron chi connectivity index (χ3n) is 4.86. The van der Waals surface area contributed by atoms with Crippen molar-refractivity contribution in [2.45, 2.75) is 44.9 Å². The molecule has 10 nitrogen and oxygen atoms in total. The van der Waals surface area contributed by atoms with Gasteiger partial charge in [0.05, 0.1) is 0 Å². The van der Waals surface area contributed by atoms with Gasteiger partial charge in [0.1, 0.15) is 19.3 Å². The maximum Gasteiger partial charge on any atom is 0.408 e. The number of esters is 1. The van der Waals surface area contributed by atoms with E-state index in [9.17, 15) is 24.0 Å². The molecule has 1 atom stereocenters. The van der Waals surface area contributed by atoms with Crippen LogP contribution in [0.5, 0.6) is 0 Å². The molecule has 1 N–H and O–H groups in total. The molecule has 0 spiro atoms. The summed E-state index contributed by atoms with van der Waals surface area (Å²) in [7, 11) is 0. The van der Waals surface area contributed by atoms with Gasteiger partial charge < -0.3 is 19.6 Å². The number of carbonyl (C=O) groups is 5. The summed E-state index contributed by atoms with van der Waals surface area (Å²) >= 11 is 0. The first-order valence-electron chi connectivity index (χ1n) is 10.7. The third kappa shape index (κ3) is 7.44. The lowest BCUT2D eigenvalue weighted by atomic mass is 10.1. The van der Waals surface area contributed by atoms with Gasteiger partial charge in [0.25, 0.3) is 11.8 Å². The molecule has 3 rings (SSSR count). The highest BCUT2D eigenvalue weighted by Gasteiger charge is 2.35. The van der Waals surface area contributed by atoms with Crippen molar-refractivity contribution in [2.75, 3.05) is 0 Å². The van der Waals surface area contributed by atoms with Gasteiger partial charge in [-0.05, 0) is 17.5 Å². The van der Waals surface area contributed by atoms with Gasteiger partial charge in [-0.3, -0.25) is 14.4 Å². The number of hydrogen-bond acceptors (Lipinski definition) is 8. The topological polar surface area (TPSA) is 128 Å². The molecule has 1 saturated heterocycles. The highest BCUT2D eigenvalue weighted by Crippen LogP contribution is 2.14. The van der Waals surface area contributed by atoms with E-state index in [1.54, 1.807) is 48.5 Å². The van der Waals surface area contributed by atoms with Gasteiger partial charge in [0, 0.05) is 19.3 Å². The second-order valence-corrected chi connectivity index (χ2v) is 7.44. The lowest BCUT2D eigenvalue weighted by molar-refractivity contribution is -0.199. The van der Waals surface area contributed by atoms with Gasteiger partial charge in [-0.25, -0.2) is 9.59 Å². The summed E-state index contributed by atoms with van der Waals surface area (Å²) < 4.78 is 10.3. The van der Waals surface area contributed by atoms with E-state index in [2.05, 4.69) is 5.32 Å². The smallest absolute Gasteiger partial charge is 0.408 e. The molecule has 0 saturated carbocycles. The molecule has 0 aliphatic carbocycles. The number of hydrogen-bond donors (Lipinski definition) is 1. The zero-order valence-corrected chi connectivity index (χ0v) is 18.3. The fraction of sp³-hybridized carbons (Fsp3) is 0.292. The molecule has 0 radical (unpaired) electrons. The predicted molar refractivity (Wildman–Crippen MR) is 116 cm³/mol. The molecule has 3 amide bonds. The summed E-state index contributed by atoms with van der Waals surface area (Å²) in [6.07, 6.45) is -1.50. The molecule has 1 aliphatic rings. The lowest BCUT2D eigenvalue weighted by Crippen LogP contribution is -2.45. The highest BCUT2D eigenvalue weighted by atomic mass is 16.7. The molecule has 0 bridgehead atoms. The molecular formula is C24H24N2O8.